The van der Waals surface area contributed by atoms with Gasteiger partial charge in [0, 0.05) is 22.4 Å². The highest BCUT2D eigenvalue weighted by Gasteiger charge is 2.32. The van der Waals surface area contributed by atoms with Crippen LogP contribution in [0.5, 0.6) is 0 Å². The van der Waals surface area contributed by atoms with Crippen LogP contribution in [-0.2, 0) is 10.0 Å². The Hall–Kier alpha value is 0.670. The number of sulfonamides is 1. The molecule has 0 saturated carbocycles. The van der Waals surface area contributed by atoms with Crippen molar-refractivity contribution in [2.45, 2.75) is 22.6 Å². The van der Waals surface area contributed by atoms with Crippen LogP contribution in [0.25, 0.3) is 0 Å². The van der Waals surface area contributed by atoms with Crippen LogP contribution in [0.15, 0.2) is 21.5 Å². The van der Waals surface area contributed by atoms with Gasteiger partial charge in [-0.15, -0.1) is 0 Å². The summed E-state index contributed by atoms with van der Waals surface area (Å²) >= 11 is 18.8. The van der Waals surface area contributed by atoms with E-state index in [4.69, 9.17) is 23.2 Å². The van der Waals surface area contributed by atoms with Crippen LogP contribution in [0.2, 0.25) is 10.0 Å². The first-order valence-corrected chi connectivity index (χ1v) is 9.51. The van der Waals surface area contributed by atoms with E-state index in [-0.39, 0.29) is 14.9 Å². The van der Waals surface area contributed by atoms with Crippen LogP contribution in [0, 0.1) is 0 Å². The van der Waals surface area contributed by atoms with Crippen molar-refractivity contribution >= 4 is 65.1 Å². The van der Waals surface area contributed by atoms with Gasteiger partial charge in [-0.05, 0) is 25.0 Å². The Labute approximate surface area is 139 Å². The average Bonchev–Trinajstić information content (AvgIpc) is 2.27. The molecule has 0 N–H and O–H groups in total. The van der Waals surface area contributed by atoms with Crippen molar-refractivity contribution in [2.75, 3.05) is 13.1 Å². The molecule has 0 radical (unpaired) electrons. The average molecular weight is 452 g/mol. The number of rotatable bonds is 2. The molecule has 1 aliphatic rings. The fourth-order valence-corrected chi connectivity index (χ4v) is 5.73. The van der Waals surface area contributed by atoms with Crippen molar-refractivity contribution < 1.29 is 8.42 Å². The number of alkyl halides is 1. The Balaban J connectivity index is 2.40. The van der Waals surface area contributed by atoms with Crippen LogP contribution in [0.3, 0.4) is 0 Å². The van der Waals surface area contributed by atoms with Gasteiger partial charge in [0.1, 0.15) is 4.90 Å². The molecule has 0 aliphatic carbocycles. The topological polar surface area (TPSA) is 37.4 Å². The zero-order valence-corrected chi connectivity index (χ0v) is 15.2. The van der Waals surface area contributed by atoms with Crippen molar-refractivity contribution in [3.63, 3.8) is 0 Å². The van der Waals surface area contributed by atoms with Gasteiger partial charge in [-0.25, -0.2) is 8.42 Å². The lowest BCUT2D eigenvalue weighted by atomic mass is 10.2. The van der Waals surface area contributed by atoms with Crippen molar-refractivity contribution in [3.8, 4) is 0 Å². The van der Waals surface area contributed by atoms with Gasteiger partial charge in [-0.1, -0.05) is 55.1 Å². The molecule has 0 atom stereocenters. The molecule has 0 aromatic heterocycles. The highest BCUT2D eigenvalue weighted by Crippen LogP contribution is 2.35. The monoisotopic (exact) mass is 449 g/mol. The highest BCUT2D eigenvalue weighted by atomic mass is 79.9. The van der Waals surface area contributed by atoms with E-state index in [0.717, 1.165) is 12.8 Å². The minimum atomic E-state index is -3.64. The molecule has 0 unspecified atom stereocenters. The minimum absolute atomic E-state index is 0.00736. The summed E-state index contributed by atoms with van der Waals surface area (Å²) in [5, 5.41) is 0.278. The first-order valence-electron chi connectivity index (χ1n) is 5.61. The molecule has 0 amide bonds. The molecule has 0 spiro atoms. The first-order chi connectivity index (χ1) is 8.82. The third-order valence-corrected chi connectivity index (χ3v) is 7.14. The third-order valence-electron chi connectivity index (χ3n) is 2.94. The second-order valence-corrected chi connectivity index (χ2v) is 9.18. The molecule has 1 saturated heterocycles. The largest absolute Gasteiger partial charge is 0.246 e. The lowest BCUT2D eigenvalue weighted by Crippen LogP contribution is -2.38. The van der Waals surface area contributed by atoms with Gasteiger partial charge < -0.3 is 0 Å². The van der Waals surface area contributed by atoms with Gasteiger partial charge >= 0.3 is 0 Å². The summed E-state index contributed by atoms with van der Waals surface area (Å²) in [6, 6.07) is 3.08. The Morgan fingerprint density at radius 2 is 1.63 bits per heavy atom. The first kappa shape index (κ1) is 16.0. The SMILES string of the molecule is O=S(=O)(c1c(Cl)cc(Br)cc1Cl)N1CCC(Br)CC1. The summed E-state index contributed by atoms with van der Waals surface area (Å²) in [6.45, 7) is 0.946. The summed E-state index contributed by atoms with van der Waals surface area (Å²) in [6.07, 6.45) is 1.57. The maximum atomic E-state index is 12.6. The molecular formula is C11H11Br2Cl2NO2S. The Bertz CT molecular complexity index is 563. The number of hydrogen-bond acceptors (Lipinski definition) is 2. The number of nitrogens with zero attached hydrogens (tertiary/aromatic N) is 1. The molecule has 19 heavy (non-hydrogen) atoms. The van der Waals surface area contributed by atoms with Gasteiger partial charge in [-0.2, -0.15) is 4.31 Å². The standard InChI is InChI=1S/C11H11Br2Cl2NO2S/c12-7-1-3-16(4-2-7)19(17,18)11-9(14)5-8(13)6-10(11)15/h5-7H,1-4H2. The zero-order chi connectivity index (χ0) is 14.2. The summed E-state index contributed by atoms with van der Waals surface area (Å²) < 4.78 is 27.2. The maximum Gasteiger partial charge on any atom is 0.246 e. The molecular weight excluding hydrogens is 441 g/mol. The predicted octanol–water partition coefficient (Wildman–Crippen LogP) is 4.30. The van der Waals surface area contributed by atoms with E-state index in [2.05, 4.69) is 31.9 Å². The summed E-state index contributed by atoms with van der Waals surface area (Å²) in [5.74, 6) is 0. The molecule has 2 rings (SSSR count). The van der Waals surface area contributed by atoms with Crippen molar-refractivity contribution in [2.24, 2.45) is 0 Å². The van der Waals surface area contributed by atoms with Crippen LogP contribution in [0.1, 0.15) is 12.8 Å². The second kappa shape index (κ2) is 6.20. The number of benzene rings is 1. The normalized spacial score (nSPS) is 18.7. The van der Waals surface area contributed by atoms with Crippen LogP contribution in [-0.4, -0.2) is 30.6 Å². The summed E-state index contributed by atoms with van der Waals surface area (Å²) in [4.78, 5) is 0.363. The van der Waals surface area contributed by atoms with Gasteiger partial charge in [0.15, 0.2) is 0 Å². The van der Waals surface area contributed by atoms with Crippen molar-refractivity contribution in [1.82, 2.24) is 4.31 Å². The smallest absolute Gasteiger partial charge is 0.207 e. The lowest BCUT2D eigenvalue weighted by Gasteiger charge is -2.29. The van der Waals surface area contributed by atoms with Gasteiger partial charge in [-0.3, -0.25) is 0 Å². The second-order valence-electron chi connectivity index (χ2n) is 4.28. The molecule has 1 aromatic carbocycles. The van der Waals surface area contributed by atoms with E-state index in [0.29, 0.717) is 22.4 Å². The van der Waals surface area contributed by atoms with Crippen molar-refractivity contribution in [1.29, 1.82) is 0 Å². The molecule has 106 valence electrons. The van der Waals surface area contributed by atoms with Crippen LogP contribution in [0.4, 0.5) is 0 Å². The molecule has 3 nitrogen and oxygen atoms in total. The van der Waals surface area contributed by atoms with E-state index in [1.54, 1.807) is 0 Å². The predicted molar refractivity (Wildman–Crippen MR) is 84.9 cm³/mol. The lowest BCUT2D eigenvalue weighted by molar-refractivity contribution is 0.354. The molecule has 1 aromatic rings. The Morgan fingerprint density at radius 3 is 2.11 bits per heavy atom. The van der Waals surface area contributed by atoms with Gasteiger partial charge in [0.2, 0.25) is 10.0 Å². The highest BCUT2D eigenvalue weighted by molar-refractivity contribution is 9.10. The number of piperidine rings is 1. The van der Waals surface area contributed by atoms with Crippen LogP contribution >= 0.6 is 55.1 Å². The number of halogens is 4. The fourth-order valence-electron chi connectivity index (χ4n) is 1.97. The fraction of sp³-hybridized carbons (Fsp3) is 0.455. The number of hydrogen-bond donors (Lipinski definition) is 0. The molecule has 0 bridgehead atoms. The molecule has 1 fully saturated rings. The summed E-state index contributed by atoms with van der Waals surface area (Å²) in [5.41, 5.74) is 0. The van der Waals surface area contributed by atoms with E-state index in [9.17, 15) is 8.42 Å². The minimum Gasteiger partial charge on any atom is -0.207 e. The van der Waals surface area contributed by atoms with E-state index >= 15 is 0 Å². The molecule has 1 heterocycles. The van der Waals surface area contributed by atoms with Crippen LogP contribution < -0.4 is 0 Å². The maximum absolute atomic E-state index is 12.6. The Morgan fingerprint density at radius 1 is 1.16 bits per heavy atom. The van der Waals surface area contributed by atoms with E-state index in [1.807, 2.05) is 0 Å². The quantitative estimate of drug-likeness (QED) is 0.628. The van der Waals surface area contributed by atoms with Gasteiger partial charge in [0.05, 0.1) is 10.0 Å². The Kier molecular flexibility index (Phi) is 5.23. The summed E-state index contributed by atoms with van der Waals surface area (Å²) in [7, 11) is -3.64. The molecule has 8 heteroatoms. The van der Waals surface area contributed by atoms with Crippen molar-refractivity contribution in [3.05, 3.63) is 26.7 Å². The third kappa shape index (κ3) is 3.47. The molecule has 1 aliphatic heterocycles. The zero-order valence-electron chi connectivity index (χ0n) is 9.74. The van der Waals surface area contributed by atoms with Gasteiger partial charge in [0.25, 0.3) is 0 Å². The van der Waals surface area contributed by atoms with E-state index in [1.165, 1.54) is 16.4 Å². The van der Waals surface area contributed by atoms with E-state index < -0.39 is 10.0 Å².